The number of phenolic OH excluding ortho intramolecular Hbond substituents is 2. The number of phenols is 2. The third-order valence-electron chi connectivity index (χ3n) is 7.27. The first-order valence-corrected chi connectivity index (χ1v) is 13.1. The monoisotopic (exact) mass is 481 g/mol. The molecule has 3 N–H and O–H groups in total. The normalized spacial score (nSPS) is 15.7. The van der Waals surface area contributed by atoms with E-state index < -0.39 is 0 Å². The van der Waals surface area contributed by atoms with Crippen molar-refractivity contribution >= 4 is 10.8 Å². The molecule has 0 aromatic heterocycles. The number of hydrogen-bond donors (Lipinski definition) is 3. The van der Waals surface area contributed by atoms with E-state index in [4.69, 9.17) is 4.74 Å². The number of benzene rings is 4. The van der Waals surface area contributed by atoms with E-state index in [1.165, 1.54) is 49.9 Å². The fourth-order valence-corrected chi connectivity index (χ4v) is 5.29. The van der Waals surface area contributed by atoms with E-state index in [1.54, 1.807) is 24.3 Å². The first-order valence-electron chi connectivity index (χ1n) is 13.1. The van der Waals surface area contributed by atoms with Gasteiger partial charge in [0.2, 0.25) is 0 Å². The maximum atomic E-state index is 9.98. The van der Waals surface area contributed by atoms with Crippen LogP contribution in [0.2, 0.25) is 0 Å². The molecular formula is C32H35NO3. The molecule has 0 saturated carbocycles. The zero-order chi connectivity index (χ0) is 24.7. The Balaban J connectivity index is 1.27. The van der Waals surface area contributed by atoms with Gasteiger partial charge in [-0.15, -0.1) is 0 Å². The molecule has 0 radical (unpaired) electrons. The Labute approximate surface area is 213 Å². The summed E-state index contributed by atoms with van der Waals surface area (Å²) in [7, 11) is 0. The van der Waals surface area contributed by atoms with Gasteiger partial charge in [0.05, 0.1) is 6.61 Å². The van der Waals surface area contributed by atoms with Crippen LogP contribution in [0.1, 0.15) is 43.2 Å². The summed E-state index contributed by atoms with van der Waals surface area (Å²) in [6.45, 7) is 3.11. The molecule has 5 rings (SSSR count). The van der Waals surface area contributed by atoms with Crippen molar-refractivity contribution < 1.29 is 14.9 Å². The molecular weight excluding hydrogens is 446 g/mol. The van der Waals surface area contributed by atoms with Crippen molar-refractivity contribution in [1.29, 1.82) is 0 Å². The van der Waals surface area contributed by atoms with Crippen molar-refractivity contribution in [2.24, 2.45) is 5.92 Å². The third kappa shape index (κ3) is 6.00. The topological polar surface area (TPSA) is 61.7 Å². The summed E-state index contributed by atoms with van der Waals surface area (Å²) in [6, 6.07) is 25.4. The minimum absolute atomic E-state index is 0.257. The summed E-state index contributed by atoms with van der Waals surface area (Å²) in [5.41, 5.74) is 4.58. The average molecular weight is 482 g/mol. The van der Waals surface area contributed by atoms with Crippen molar-refractivity contribution in [1.82, 2.24) is 5.32 Å². The standard InChI is InChI=1S/C32H35NO3/c34-27-11-8-25(9-12-27)30-16-10-26-21-28(35)13-17-31(26)32(30)20-23-6-14-29(15-7-23)36-19-2-1-4-24-5-3-18-33-22-24/h6-17,21,24,33-35H,1-5,18-20,22H2. The van der Waals surface area contributed by atoms with Crippen LogP contribution in [0.25, 0.3) is 21.9 Å². The second-order valence-corrected chi connectivity index (χ2v) is 9.92. The molecule has 4 aromatic carbocycles. The molecule has 1 unspecified atom stereocenters. The van der Waals surface area contributed by atoms with Crippen LogP contribution < -0.4 is 10.1 Å². The van der Waals surface area contributed by atoms with E-state index in [0.29, 0.717) is 0 Å². The smallest absolute Gasteiger partial charge is 0.119 e. The zero-order valence-corrected chi connectivity index (χ0v) is 20.7. The molecule has 0 aliphatic carbocycles. The summed E-state index contributed by atoms with van der Waals surface area (Å²) in [5, 5.41) is 25.4. The lowest BCUT2D eigenvalue weighted by atomic mass is 9.90. The van der Waals surface area contributed by atoms with E-state index in [2.05, 4.69) is 35.6 Å². The van der Waals surface area contributed by atoms with Crippen LogP contribution in [0.4, 0.5) is 0 Å². The van der Waals surface area contributed by atoms with Crippen molar-refractivity contribution in [2.45, 2.75) is 38.5 Å². The minimum atomic E-state index is 0.257. The van der Waals surface area contributed by atoms with Gasteiger partial charge in [-0.3, -0.25) is 0 Å². The van der Waals surface area contributed by atoms with Gasteiger partial charge in [0.15, 0.2) is 0 Å². The van der Waals surface area contributed by atoms with Gasteiger partial charge in [0.25, 0.3) is 0 Å². The fraction of sp³-hybridized carbons (Fsp3) is 0.312. The fourth-order valence-electron chi connectivity index (χ4n) is 5.29. The Bertz CT molecular complexity index is 1280. The van der Waals surface area contributed by atoms with Gasteiger partial charge in [-0.25, -0.2) is 0 Å². The molecule has 4 nitrogen and oxygen atoms in total. The van der Waals surface area contributed by atoms with Gasteiger partial charge in [0.1, 0.15) is 17.2 Å². The number of hydrogen-bond acceptors (Lipinski definition) is 4. The largest absolute Gasteiger partial charge is 0.508 e. The number of aromatic hydroxyl groups is 2. The van der Waals surface area contributed by atoms with Gasteiger partial charge >= 0.3 is 0 Å². The molecule has 0 bridgehead atoms. The Morgan fingerprint density at radius 1 is 0.833 bits per heavy atom. The van der Waals surface area contributed by atoms with Crippen molar-refractivity contribution in [3.63, 3.8) is 0 Å². The number of nitrogens with one attached hydrogen (secondary N) is 1. The van der Waals surface area contributed by atoms with Crippen LogP contribution in [0.15, 0.2) is 78.9 Å². The van der Waals surface area contributed by atoms with Gasteiger partial charge in [0, 0.05) is 0 Å². The van der Waals surface area contributed by atoms with Crippen LogP contribution in [-0.2, 0) is 6.42 Å². The van der Waals surface area contributed by atoms with E-state index in [0.717, 1.165) is 53.0 Å². The highest BCUT2D eigenvalue weighted by atomic mass is 16.5. The van der Waals surface area contributed by atoms with Gasteiger partial charge < -0.3 is 20.3 Å². The SMILES string of the molecule is Oc1ccc(-c2ccc3cc(O)ccc3c2Cc2ccc(OCCCCC3CCCNC3)cc2)cc1. The van der Waals surface area contributed by atoms with Crippen LogP contribution in [-0.4, -0.2) is 29.9 Å². The summed E-state index contributed by atoms with van der Waals surface area (Å²) in [5.74, 6) is 2.28. The molecule has 4 aromatic rings. The molecule has 1 aliphatic heterocycles. The first kappa shape index (κ1) is 24.2. The summed E-state index contributed by atoms with van der Waals surface area (Å²) in [6.07, 6.45) is 7.04. The number of unbranched alkanes of at least 4 members (excludes halogenated alkanes) is 1. The van der Waals surface area contributed by atoms with Crippen LogP contribution >= 0.6 is 0 Å². The lowest BCUT2D eigenvalue weighted by molar-refractivity contribution is 0.288. The van der Waals surface area contributed by atoms with Crippen molar-refractivity contribution in [2.75, 3.05) is 19.7 Å². The van der Waals surface area contributed by atoms with E-state index in [-0.39, 0.29) is 11.5 Å². The first-order chi connectivity index (χ1) is 17.7. The lowest BCUT2D eigenvalue weighted by Crippen LogP contribution is -2.29. The van der Waals surface area contributed by atoms with Crippen LogP contribution in [0.3, 0.4) is 0 Å². The number of rotatable bonds is 9. The molecule has 186 valence electrons. The summed E-state index contributed by atoms with van der Waals surface area (Å²) >= 11 is 0. The molecule has 1 heterocycles. The molecule has 1 aliphatic rings. The second-order valence-electron chi connectivity index (χ2n) is 9.92. The highest BCUT2D eigenvalue weighted by Crippen LogP contribution is 2.34. The molecule has 0 amide bonds. The van der Waals surface area contributed by atoms with E-state index >= 15 is 0 Å². The molecule has 4 heteroatoms. The minimum Gasteiger partial charge on any atom is -0.508 e. The molecule has 1 fully saturated rings. The third-order valence-corrected chi connectivity index (χ3v) is 7.27. The Hall–Kier alpha value is -3.50. The van der Waals surface area contributed by atoms with Crippen molar-refractivity contribution in [3.05, 3.63) is 90.0 Å². The maximum absolute atomic E-state index is 9.98. The Kier molecular flexibility index (Phi) is 7.73. The van der Waals surface area contributed by atoms with Crippen LogP contribution in [0, 0.1) is 5.92 Å². The summed E-state index contributed by atoms with van der Waals surface area (Å²) in [4.78, 5) is 0. The molecule has 0 spiro atoms. The van der Waals surface area contributed by atoms with Crippen LogP contribution in [0.5, 0.6) is 17.2 Å². The quantitative estimate of drug-likeness (QED) is 0.224. The molecule has 1 saturated heterocycles. The highest BCUT2D eigenvalue weighted by molar-refractivity contribution is 5.93. The van der Waals surface area contributed by atoms with Crippen molar-refractivity contribution in [3.8, 4) is 28.4 Å². The van der Waals surface area contributed by atoms with Gasteiger partial charge in [-0.1, -0.05) is 42.5 Å². The predicted molar refractivity (Wildman–Crippen MR) is 147 cm³/mol. The second kappa shape index (κ2) is 11.5. The van der Waals surface area contributed by atoms with Gasteiger partial charge in [-0.2, -0.15) is 0 Å². The summed E-state index contributed by atoms with van der Waals surface area (Å²) < 4.78 is 6.02. The molecule has 1 atom stereocenters. The van der Waals surface area contributed by atoms with E-state index in [1.807, 2.05) is 24.3 Å². The zero-order valence-electron chi connectivity index (χ0n) is 20.7. The predicted octanol–water partition coefficient (Wildman–Crippen LogP) is 7.06. The highest BCUT2D eigenvalue weighted by Gasteiger charge is 2.13. The van der Waals surface area contributed by atoms with E-state index in [9.17, 15) is 10.2 Å². The number of piperidine rings is 1. The average Bonchev–Trinajstić information content (AvgIpc) is 2.90. The number of ether oxygens (including phenoxy) is 1. The van der Waals surface area contributed by atoms with Gasteiger partial charge in [-0.05, 0) is 127 Å². The molecule has 36 heavy (non-hydrogen) atoms. The number of fused-ring (bicyclic) bond motifs is 1. The Morgan fingerprint density at radius 2 is 1.64 bits per heavy atom. The lowest BCUT2D eigenvalue weighted by Gasteiger charge is -2.22. The Morgan fingerprint density at radius 3 is 2.42 bits per heavy atom. The maximum Gasteiger partial charge on any atom is 0.119 e.